The fourth-order valence-electron chi connectivity index (χ4n) is 1.83. The van der Waals surface area contributed by atoms with Crippen LogP contribution in [0.25, 0.3) is 0 Å². The van der Waals surface area contributed by atoms with Gasteiger partial charge < -0.3 is 10.5 Å². The number of benzene rings is 1. The molecule has 0 atom stereocenters. The molecule has 0 radical (unpaired) electrons. The molecule has 0 saturated heterocycles. The monoisotopic (exact) mass is 316 g/mol. The third-order valence-electron chi connectivity index (χ3n) is 2.78. The molecule has 3 nitrogen and oxygen atoms in total. The Morgan fingerprint density at radius 3 is 2.19 bits per heavy atom. The average Bonchev–Trinajstić information content (AvgIpc) is 2.34. The summed E-state index contributed by atoms with van der Waals surface area (Å²) in [7, 11) is 0. The van der Waals surface area contributed by atoms with Crippen LogP contribution in [0.5, 0.6) is 11.6 Å². The molecule has 0 unspecified atom stereocenters. The maximum Gasteiger partial charge on any atom is 0.416 e. The van der Waals surface area contributed by atoms with E-state index in [9.17, 15) is 13.2 Å². The summed E-state index contributed by atoms with van der Waals surface area (Å²) in [6.45, 7) is 3.55. The number of alkyl halides is 3. The van der Waals surface area contributed by atoms with E-state index in [1.807, 2.05) is 0 Å². The van der Waals surface area contributed by atoms with Crippen LogP contribution in [0.15, 0.2) is 24.3 Å². The summed E-state index contributed by atoms with van der Waals surface area (Å²) in [5.41, 5.74) is 5.98. The number of nitrogens with two attached hydrogens (primary N) is 1. The van der Waals surface area contributed by atoms with Gasteiger partial charge in [-0.2, -0.15) is 18.2 Å². The highest BCUT2D eigenvalue weighted by molar-refractivity contribution is 6.32. The highest BCUT2D eigenvalue weighted by Gasteiger charge is 2.31. The quantitative estimate of drug-likeness (QED) is 0.870. The van der Waals surface area contributed by atoms with Gasteiger partial charge in [0.15, 0.2) is 0 Å². The molecule has 0 fully saturated rings. The highest BCUT2D eigenvalue weighted by Crippen LogP contribution is 2.34. The predicted octanol–water partition coefficient (Wildman–Crippen LogP) is 4.75. The van der Waals surface area contributed by atoms with E-state index >= 15 is 0 Å². The van der Waals surface area contributed by atoms with Gasteiger partial charge in [-0.3, -0.25) is 0 Å². The van der Waals surface area contributed by atoms with E-state index in [1.165, 1.54) is 0 Å². The largest absolute Gasteiger partial charge is 0.439 e. The predicted molar refractivity (Wildman–Crippen MR) is 74.7 cm³/mol. The van der Waals surface area contributed by atoms with Crippen molar-refractivity contribution in [2.75, 3.05) is 5.73 Å². The van der Waals surface area contributed by atoms with Crippen LogP contribution in [0.3, 0.4) is 0 Å². The van der Waals surface area contributed by atoms with Gasteiger partial charge in [0.25, 0.3) is 0 Å². The lowest BCUT2D eigenvalue weighted by Crippen LogP contribution is -2.07. The topological polar surface area (TPSA) is 48.1 Å². The lowest BCUT2D eigenvalue weighted by molar-refractivity contribution is -0.137. The van der Waals surface area contributed by atoms with Crippen LogP contribution in [-0.4, -0.2) is 4.98 Å². The van der Waals surface area contributed by atoms with Crippen molar-refractivity contribution in [2.24, 2.45) is 0 Å². The number of pyridine rings is 1. The molecule has 0 spiro atoms. The molecule has 1 heterocycles. The smallest absolute Gasteiger partial charge is 0.416 e. The van der Waals surface area contributed by atoms with E-state index in [0.717, 1.165) is 23.3 Å². The summed E-state index contributed by atoms with van der Waals surface area (Å²) < 4.78 is 43.5. The van der Waals surface area contributed by atoms with Crippen molar-refractivity contribution in [2.45, 2.75) is 20.0 Å². The minimum atomic E-state index is -4.51. The number of rotatable bonds is 2. The Labute approximate surface area is 124 Å². The molecule has 0 saturated carbocycles. The Hall–Kier alpha value is -1.95. The van der Waals surface area contributed by atoms with Crippen LogP contribution >= 0.6 is 11.6 Å². The molecule has 2 aromatic rings. The number of hydrogen-bond donors (Lipinski definition) is 1. The summed E-state index contributed by atoms with van der Waals surface area (Å²) in [6, 6.07) is 4.79. The van der Waals surface area contributed by atoms with Crippen molar-refractivity contribution >= 4 is 17.4 Å². The normalized spacial score (nSPS) is 11.5. The molecule has 0 aliphatic heterocycles. The third kappa shape index (κ3) is 3.58. The third-order valence-corrected chi connectivity index (χ3v) is 3.38. The van der Waals surface area contributed by atoms with Gasteiger partial charge in [0.2, 0.25) is 5.88 Å². The molecule has 2 rings (SSSR count). The van der Waals surface area contributed by atoms with E-state index in [1.54, 1.807) is 26.0 Å². The first-order chi connectivity index (χ1) is 9.66. The first-order valence-corrected chi connectivity index (χ1v) is 6.34. The average molecular weight is 317 g/mol. The zero-order valence-corrected chi connectivity index (χ0v) is 12.0. The molecular weight excluding hydrogens is 305 g/mol. The van der Waals surface area contributed by atoms with Gasteiger partial charge in [-0.15, -0.1) is 0 Å². The van der Waals surface area contributed by atoms with Crippen LogP contribution in [-0.2, 0) is 6.18 Å². The van der Waals surface area contributed by atoms with Gasteiger partial charge in [0, 0.05) is 11.1 Å². The van der Waals surface area contributed by atoms with E-state index in [4.69, 9.17) is 22.1 Å². The van der Waals surface area contributed by atoms with Crippen LogP contribution < -0.4 is 10.5 Å². The molecule has 1 aromatic carbocycles. The molecule has 2 N–H and O–H groups in total. The van der Waals surface area contributed by atoms with E-state index in [0.29, 0.717) is 10.8 Å². The van der Waals surface area contributed by atoms with Crippen LogP contribution in [0, 0.1) is 13.8 Å². The zero-order chi connectivity index (χ0) is 15.8. The van der Waals surface area contributed by atoms with Crippen molar-refractivity contribution in [1.82, 2.24) is 4.98 Å². The summed E-state index contributed by atoms with van der Waals surface area (Å²) >= 11 is 6.02. The molecule has 0 bridgehead atoms. The van der Waals surface area contributed by atoms with Gasteiger partial charge in [-0.1, -0.05) is 11.6 Å². The fraction of sp³-hybridized carbons (Fsp3) is 0.214. The Morgan fingerprint density at radius 2 is 1.67 bits per heavy atom. The molecular formula is C14H12ClF3N2O. The molecule has 0 aliphatic rings. The maximum absolute atomic E-state index is 12.7. The fourth-order valence-corrected chi connectivity index (χ4v) is 1.94. The minimum absolute atomic E-state index is 0.219. The number of nitrogen functional groups attached to an aromatic ring is 1. The zero-order valence-electron chi connectivity index (χ0n) is 11.3. The number of halogens is 4. The van der Waals surface area contributed by atoms with E-state index in [2.05, 4.69) is 4.98 Å². The summed E-state index contributed by atoms with van der Waals surface area (Å²) in [5.74, 6) is -0.133. The Kier molecular flexibility index (Phi) is 4.00. The Balaban J connectivity index is 2.38. The first kappa shape index (κ1) is 15.4. The van der Waals surface area contributed by atoms with Crippen LogP contribution in [0.2, 0.25) is 5.02 Å². The second kappa shape index (κ2) is 5.44. The second-order valence-corrected chi connectivity index (χ2v) is 4.97. The minimum Gasteiger partial charge on any atom is -0.439 e. The van der Waals surface area contributed by atoms with Gasteiger partial charge in [-0.25, -0.2) is 0 Å². The van der Waals surface area contributed by atoms with Gasteiger partial charge in [0.05, 0.1) is 5.56 Å². The van der Waals surface area contributed by atoms with Crippen molar-refractivity contribution in [3.05, 3.63) is 46.0 Å². The van der Waals surface area contributed by atoms with Crippen LogP contribution in [0.4, 0.5) is 19.0 Å². The standard InChI is InChI=1S/C14H12ClF3N2O/c1-7-3-10(4-8(2)13(7)15)21-12-6-9(14(16,17)18)5-11(19)20-12/h3-6H,1-2H3,(H2,19,20). The number of hydrogen-bond acceptors (Lipinski definition) is 3. The van der Waals surface area contributed by atoms with Crippen molar-refractivity contribution < 1.29 is 17.9 Å². The first-order valence-electron chi connectivity index (χ1n) is 5.96. The molecule has 21 heavy (non-hydrogen) atoms. The molecule has 7 heteroatoms. The molecule has 0 aliphatic carbocycles. The molecule has 0 amide bonds. The summed E-state index contributed by atoms with van der Waals surface area (Å²) in [6.07, 6.45) is -4.51. The van der Waals surface area contributed by atoms with Gasteiger partial charge in [0.1, 0.15) is 11.6 Å². The van der Waals surface area contributed by atoms with Crippen molar-refractivity contribution in [3.63, 3.8) is 0 Å². The highest BCUT2D eigenvalue weighted by atomic mass is 35.5. The maximum atomic E-state index is 12.7. The summed E-state index contributed by atoms with van der Waals surface area (Å²) in [5, 5.41) is 0.582. The Morgan fingerprint density at radius 1 is 1.10 bits per heavy atom. The molecule has 112 valence electrons. The van der Waals surface area contributed by atoms with Gasteiger partial charge in [-0.05, 0) is 43.2 Å². The van der Waals surface area contributed by atoms with E-state index < -0.39 is 11.7 Å². The second-order valence-electron chi connectivity index (χ2n) is 4.59. The summed E-state index contributed by atoms with van der Waals surface area (Å²) in [4.78, 5) is 3.75. The number of aryl methyl sites for hydroxylation is 2. The lowest BCUT2D eigenvalue weighted by Gasteiger charge is -2.12. The number of anilines is 1. The van der Waals surface area contributed by atoms with Crippen molar-refractivity contribution in [3.8, 4) is 11.6 Å². The number of aromatic nitrogens is 1. The number of nitrogens with zero attached hydrogens (tertiary/aromatic N) is 1. The lowest BCUT2D eigenvalue weighted by atomic mass is 10.1. The van der Waals surface area contributed by atoms with Gasteiger partial charge >= 0.3 is 6.18 Å². The van der Waals surface area contributed by atoms with Crippen molar-refractivity contribution in [1.29, 1.82) is 0 Å². The molecule has 1 aromatic heterocycles. The Bertz CT molecular complexity index is 663. The number of ether oxygens (including phenoxy) is 1. The van der Waals surface area contributed by atoms with E-state index in [-0.39, 0.29) is 11.7 Å². The SMILES string of the molecule is Cc1cc(Oc2cc(C(F)(F)F)cc(N)n2)cc(C)c1Cl. The van der Waals surface area contributed by atoms with Crippen LogP contribution in [0.1, 0.15) is 16.7 Å².